The Hall–Kier alpha value is -2.89. The van der Waals surface area contributed by atoms with E-state index in [1.54, 1.807) is 0 Å². The highest BCUT2D eigenvalue weighted by Gasteiger charge is 2.23. The van der Waals surface area contributed by atoms with Crippen LogP contribution in [0.25, 0.3) is 10.4 Å². The lowest BCUT2D eigenvalue weighted by Crippen LogP contribution is -2.40. The number of hydrogen-bond donors (Lipinski definition) is 2. The largest absolute Gasteiger partial charge is 0.394 e. The third-order valence-electron chi connectivity index (χ3n) is 6.27. The van der Waals surface area contributed by atoms with Gasteiger partial charge in [-0.05, 0) is 30.3 Å². The SMILES string of the molecule is O=Cc1cc(-c2ccc(N3CCOCC3)nc2)sc1Nc1cccc(C(CO)N2CCOCC2)n1. The molecule has 0 radical (unpaired) electrons. The summed E-state index contributed by atoms with van der Waals surface area (Å²) in [6, 6.07) is 11.4. The quantitative estimate of drug-likeness (QED) is 0.457. The number of ether oxygens (including phenoxy) is 2. The number of pyridine rings is 2. The van der Waals surface area contributed by atoms with E-state index in [0.717, 1.165) is 59.4 Å². The molecule has 0 aliphatic carbocycles. The Morgan fingerprint density at radius 2 is 1.86 bits per heavy atom. The fraction of sp³-hybridized carbons (Fsp3) is 0.400. The highest BCUT2D eigenvalue weighted by molar-refractivity contribution is 7.19. The molecule has 1 atom stereocenters. The van der Waals surface area contributed by atoms with Crippen molar-refractivity contribution in [3.8, 4) is 10.4 Å². The first kappa shape index (κ1) is 23.8. The van der Waals surface area contributed by atoms with Gasteiger partial charge in [-0.1, -0.05) is 6.07 Å². The number of nitrogens with one attached hydrogen (secondary N) is 1. The second kappa shape index (κ2) is 11.2. The third-order valence-corrected chi connectivity index (χ3v) is 7.38. The predicted octanol–water partition coefficient (Wildman–Crippen LogP) is 2.96. The number of aliphatic hydroxyl groups excluding tert-OH is 1. The molecule has 2 saturated heterocycles. The number of aldehydes is 1. The van der Waals surface area contributed by atoms with Gasteiger partial charge in [0.2, 0.25) is 0 Å². The third kappa shape index (κ3) is 5.52. The lowest BCUT2D eigenvalue weighted by Gasteiger charge is -2.33. The molecule has 2 aliphatic heterocycles. The van der Waals surface area contributed by atoms with Crippen molar-refractivity contribution < 1.29 is 19.4 Å². The van der Waals surface area contributed by atoms with Gasteiger partial charge in [-0.2, -0.15) is 0 Å². The van der Waals surface area contributed by atoms with Crippen LogP contribution >= 0.6 is 11.3 Å². The van der Waals surface area contributed by atoms with Crippen molar-refractivity contribution in [3.63, 3.8) is 0 Å². The number of rotatable bonds is 8. The molecular weight excluding hydrogens is 466 g/mol. The molecule has 5 rings (SSSR count). The van der Waals surface area contributed by atoms with Crippen LogP contribution < -0.4 is 10.2 Å². The molecule has 2 fully saturated rings. The number of hydrogen-bond acceptors (Lipinski definition) is 10. The normalized spacial score (nSPS) is 17.8. The Morgan fingerprint density at radius 1 is 1.09 bits per heavy atom. The summed E-state index contributed by atoms with van der Waals surface area (Å²) < 4.78 is 10.9. The number of thiophene rings is 1. The van der Waals surface area contributed by atoms with Crippen LogP contribution in [0.1, 0.15) is 22.1 Å². The van der Waals surface area contributed by atoms with E-state index in [0.29, 0.717) is 37.8 Å². The van der Waals surface area contributed by atoms with Gasteiger partial charge < -0.3 is 24.8 Å². The van der Waals surface area contributed by atoms with Crippen LogP contribution in [0.5, 0.6) is 0 Å². The maximum Gasteiger partial charge on any atom is 0.153 e. The monoisotopic (exact) mass is 495 g/mol. The standard InChI is InChI=1S/C25H29N5O4S/c31-16-19-14-22(18-4-5-24(26-15-18)30-8-12-34-13-9-30)35-25(19)28-23-3-1-2-20(27-23)21(17-32)29-6-10-33-11-7-29/h1-5,14-16,21,32H,6-13,17H2,(H,27,28). The molecule has 2 N–H and O–H groups in total. The van der Waals surface area contributed by atoms with Crippen molar-refractivity contribution in [1.29, 1.82) is 0 Å². The first-order chi connectivity index (χ1) is 17.2. The lowest BCUT2D eigenvalue weighted by atomic mass is 10.1. The smallest absolute Gasteiger partial charge is 0.153 e. The molecule has 10 heteroatoms. The van der Waals surface area contributed by atoms with Gasteiger partial charge in [0.1, 0.15) is 16.6 Å². The van der Waals surface area contributed by atoms with E-state index in [9.17, 15) is 9.90 Å². The number of aliphatic hydroxyl groups is 1. The van der Waals surface area contributed by atoms with Gasteiger partial charge in [-0.15, -0.1) is 11.3 Å². The maximum absolute atomic E-state index is 11.8. The number of anilines is 3. The van der Waals surface area contributed by atoms with Crippen LogP contribution in [0.2, 0.25) is 0 Å². The van der Waals surface area contributed by atoms with E-state index in [4.69, 9.17) is 14.5 Å². The zero-order valence-electron chi connectivity index (χ0n) is 19.4. The van der Waals surface area contributed by atoms with Gasteiger partial charge >= 0.3 is 0 Å². The minimum Gasteiger partial charge on any atom is -0.394 e. The van der Waals surface area contributed by atoms with Gasteiger partial charge in [0, 0.05) is 48.4 Å². The van der Waals surface area contributed by atoms with Gasteiger partial charge in [-0.3, -0.25) is 9.69 Å². The molecule has 0 aromatic carbocycles. The van der Waals surface area contributed by atoms with E-state index in [-0.39, 0.29) is 12.6 Å². The molecule has 3 aromatic rings. The highest BCUT2D eigenvalue weighted by atomic mass is 32.1. The van der Waals surface area contributed by atoms with E-state index in [2.05, 4.69) is 20.1 Å². The van der Waals surface area contributed by atoms with Crippen molar-refractivity contribution in [2.45, 2.75) is 6.04 Å². The van der Waals surface area contributed by atoms with Gasteiger partial charge in [0.25, 0.3) is 0 Å². The topological polar surface area (TPSA) is 100 Å². The van der Waals surface area contributed by atoms with Crippen molar-refractivity contribution in [2.24, 2.45) is 0 Å². The van der Waals surface area contributed by atoms with Crippen molar-refractivity contribution in [1.82, 2.24) is 14.9 Å². The van der Waals surface area contributed by atoms with Crippen LogP contribution in [-0.2, 0) is 9.47 Å². The Bertz CT molecular complexity index is 1130. The van der Waals surface area contributed by atoms with Crippen LogP contribution in [-0.4, -0.2) is 85.5 Å². The van der Waals surface area contributed by atoms with E-state index < -0.39 is 0 Å². The average molecular weight is 496 g/mol. The van der Waals surface area contributed by atoms with Crippen LogP contribution in [0, 0.1) is 0 Å². The Balaban J connectivity index is 1.33. The summed E-state index contributed by atoms with van der Waals surface area (Å²) in [5.74, 6) is 1.56. The molecular formula is C25H29N5O4S. The van der Waals surface area contributed by atoms with Crippen molar-refractivity contribution >= 4 is 34.3 Å². The van der Waals surface area contributed by atoms with E-state index >= 15 is 0 Å². The molecule has 0 bridgehead atoms. The van der Waals surface area contributed by atoms with Crippen LogP contribution in [0.4, 0.5) is 16.6 Å². The predicted molar refractivity (Wildman–Crippen MR) is 136 cm³/mol. The fourth-order valence-electron chi connectivity index (χ4n) is 4.35. The minimum absolute atomic E-state index is 0.0212. The van der Waals surface area contributed by atoms with Crippen molar-refractivity contribution in [3.05, 3.63) is 53.9 Å². The summed E-state index contributed by atoms with van der Waals surface area (Å²) in [5.41, 5.74) is 2.31. The zero-order chi connectivity index (χ0) is 24.0. The Kier molecular flexibility index (Phi) is 7.65. The van der Waals surface area contributed by atoms with E-state index in [1.807, 2.05) is 42.6 Å². The summed E-state index contributed by atoms with van der Waals surface area (Å²) in [7, 11) is 0. The summed E-state index contributed by atoms with van der Waals surface area (Å²) >= 11 is 1.49. The van der Waals surface area contributed by atoms with Crippen LogP contribution in [0.3, 0.4) is 0 Å². The Labute approximate surface area is 208 Å². The molecule has 0 amide bonds. The number of morpholine rings is 2. The van der Waals surface area contributed by atoms with Crippen molar-refractivity contribution in [2.75, 3.05) is 69.4 Å². The molecule has 9 nitrogen and oxygen atoms in total. The highest BCUT2D eigenvalue weighted by Crippen LogP contribution is 2.36. The number of carbonyl (C=O) groups excluding carboxylic acids is 1. The number of carbonyl (C=O) groups is 1. The average Bonchev–Trinajstić information content (AvgIpc) is 3.33. The van der Waals surface area contributed by atoms with Gasteiger partial charge in [0.15, 0.2) is 6.29 Å². The summed E-state index contributed by atoms with van der Waals surface area (Å²) in [6.45, 7) is 5.90. The molecule has 0 saturated carbocycles. The van der Waals surface area contributed by atoms with E-state index in [1.165, 1.54) is 11.3 Å². The zero-order valence-corrected chi connectivity index (χ0v) is 20.2. The molecule has 3 aromatic heterocycles. The minimum atomic E-state index is -0.193. The number of nitrogens with zero attached hydrogens (tertiary/aromatic N) is 4. The first-order valence-electron chi connectivity index (χ1n) is 11.8. The molecule has 0 spiro atoms. The summed E-state index contributed by atoms with van der Waals surface area (Å²) in [4.78, 5) is 26.5. The summed E-state index contributed by atoms with van der Waals surface area (Å²) in [6.07, 6.45) is 2.70. The molecule has 2 aliphatic rings. The second-order valence-corrected chi connectivity index (χ2v) is 9.49. The second-order valence-electron chi connectivity index (χ2n) is 8.44. The van der Waals surface area contributed by atoms with Gasteiger partial charge in [-0.25, -0.2) is 9.97 Å². The fourth-order valence-corrected chi connectivity index (χ4v) is 5.38. The van der Waals surface area contributed by atoms with Gasteiger partial charge in [0.05, 0.1) is 44.8 Å². The maximum atomic E-state index is 11.8. The van der Waals surface area contributed by atoms with Crippen LogP contribution in [0.15, 0.2) is 42.6 Å². The molecule has 5 heterocycles. The summed E-state index contributed by atoms with van der Waals surface area (Å²) in [5, 5.41) is 14.1. The molecule has 35 heavy (non-hydrogen) atoms. The molecule has 184 valence electrons. The molecule has 1 unspecified atom stereocenters. The Morgan fingerprint density at radius 3 is 2.54 bits per heavy atom. The lowest BCUT2D eigenvalue weighted by molar-refractivity contribution is 0.00158. The number of aromatic nitrogens is 2. The first-order valence-corrected chi connectivity index (χ1v) is 12.6.